The number of benzene rings is 2. The zero-order valence-electron chi connectivity index (χ0n) is 17.4. The highest BCUT2D eigenvalue weighted by molar-refractivity contribution is 5.93. The molecule has 0 spiro atoms. The van der Waals surface area contributed by atoms with Crippen LogP contribution in [0.4, 0.5) is 0 Å². The SMILES string of the molecule is COC1=CC(C(=O)O)C(c2ccccc2C)=C(OC)C1(OC)c1ccccc1C. The first-order valence-electron chi connectivity index (χ1n) is 9.37. The minimum Gasteiger partial charge on any atom is -0.497 e. The zero-order chi connectivity index (χ0) is 21.2. The van der Waals surface area contributed by atoms with Crippen molar-refractivity contribution in [1.82, 2.24) is 0 Å². The maximum absolute atomic E-state index is 12.2. The number of carboxylic acids is 1. The van der Waals surface area contributed by atoms with Crippen molar-refractivity contribution < 1.29 is 24.1 Å². The van der Waals surface area contributed by atoms with Gasteiger partial charge in [-0.1, -0.05) is 48.5 Å². The van der Waals surface area contributed by atoms with Crippen LogP contribution in [0.1, 0.15) is 22.3 Å². The number of aryl methyl sites for hydroxylation is 2. The molecule has 0 heterocycles. The van der Waals surface area contributed by atoms with Crippen LogP contribution in [0.15, 0.2) is 66.1 Å². The molecule has 152 valence electrons. The first-order valence-corrected chi connectivity index (χ1v) is 9.37. The van der Waals surface area contributed by atoms with Gasteiger partial charge in [0.2, 0.25) is 5.60 Å². The summed E-state index contributed by atoms with van der Waals surface area (Å²) in [6, 6.07) is 15.5. The Morgan fingerprint density at radius 2 is 1.55 bits per heavy atom. The summed E-state index contributed by atoms with van der Waals surface area (Å²) in [7, 11) is 4.63. The van der Waals surface area contributed by atoms with E-state index in [0.717, 1.165) is 22.3 Å². The van der Waals surface area contributed by atoms with Crippen molar-refractivity contribution in [3.63, 3.8) is 0 Å². The molecule has 0 saturated carbocycles. The molecular formula is C24H26O5. The molecule has 0 amide bonds. The van der Waals surface area contributed by atoms with Crippen LogP contribution in [-0.2, 0) is 24.6 Å². The smallest absolute Gasteiger partial charge is 0.315 e. The van der Waals surface area contributed by atoms with Gasteiger partial charge in [0, 0.05) is 18.2 Å². The van der Waals surface area contributed by atoms with Crippen LogP contribution in [0.25, 0.3) is 5.57 Å². The average molecular weight is 394 g/mol. The molecule has 2 aromatic carbocycles. The van der Waals surface area contributed by atoms with E-state index in [9.17, 15) is 9.90 Å². The van der Waals surface area contributed by atoms with Gasteiger partial charge < -0.3 is 19.3 Å². The van der Waals surface area contributed by atoms with Crippen LogP contribution in [0.2, 0.25) is 0 Å². The van der Waals surface area contributed by atoms with Gasteiger partial charge in [-0.15, -0.1) is 0 Å². The molecule has 0 fully saturated rings. The number of methoxy groups -OCH3 is 3. The van der Waals surface area contributed by atoms with E-state index in [1.165, 1.54) is 14.2 Å². The molecular weight excluding hydrogens is 368 g/mol. The van der Waals surface area contributed by atoms with E-state index in [2.05, 4.69) is 0 Å². The molecule has 5 heteroatoms. The quantitative estimate of drug-likeness (QED) is 0.784. The van der Waals surface area contributed by atoms with Crippen LogP contribution in [0.3, 0.4) is 0 Å². The summed E-state index contributed by atoms with van der Waals surface area (Å²) in [5.41, 5.74) is 2.93. The fourth-order valence-corrected chi connectivity index (χ4v) is 4.15. The Labute approximate surface area is 171 Å². The standard InChI is InChI=1S/C24H26O5/c1-15-10-6-8-12-17(15)21-18(23(25)26)14-20(27-3)24(29-5,22(21)28-4)19-13-9-7-11-16(19)2/h6-14,18H,1-5H3,(H,25,26). The molecule has 2 aromatic rings. The highest BCUT2D eigenvalue weighted by Gasteiger charge is 2.51. The lowest BCUT2D eigenvalue weighted by Gasteiger charge is -2.41. The summed E-state index contributed by atoms with van der Waals surface area (Å²) < 4.78 is 17.7. The lowest BCUT2D eigenvalue weighted by molar-refractivity contribution is -0.138. The lowest BCUT2D eigenvalue weighted by Crippen LogP contribution is -2.41. The molecule has 0 saturated heterocycles. The molecule has 0 bridgehead atoms. The minimum absolute atomic E-state index is 0.385. The molecule has 3 rings (SSSR count). The van der Waals surface area contributed by atoms with Gasteiger partial charge >= 0.3 is 5.97 Å². The van der Waals surface area contributed by atoms with Crippen molar-refractivity contribution in [3.05, 3.63) is 88.4 Å². The molecule has 1 N–H and O–H groups in total. The van der Waals surface area contributed by atoms with Crippen molar-refractivity contribution in [3.8, 4) is 0 Å². The molecule has 2 unspecified atom stereocenters. The average Bonchev–Trinajstić information content (AvgIpc) is 2.72. The summed E-state index contributed by atoms with van der Waals surface area (Å²) >= 11 is 0. The number of ether oxygens (including phenoxy) is 3. The van der Waals surface area contributed by atoms with Crippen LogP contribution in [0, 0.1) is 19.8 Å². The molecule has 0 aliphatic heterocycles. The topological polar surface area (TPSA) is 65.0 Å². The Balaban J connectivity index is 2.46. The Morgan fingerprint density at radius 3 is 2.07 bits per heavy atom. The van der Waals surface area contributed by atoms with Crippen molar-refractivity contribution in [2.24, 2.45) is 5.92 Å². The summed E-state index contributed by atoms with van der Waals surface area (Å²) in [6.45, 7) is 3.93. The third-order valence-corrected chi connectivity index (χ3v) is 5.50. The van der Waals surface area contributed by atoms with Gasteiger partial charge in [0.1, 0.15) is 17.4 Å². The largest absolute Gasteiger partial charge is 0.497 e. The van der Waals surface area contributed by atoms with Crippen molar-refractivity contribution >= 4 is 11.5 Å². The number of aliphatic carboxylic acids is 1. The van der Waals surface area contributed by atoms with Gasteiger partial charge in [0.05, 0.1) is 14.2 Å². The Kier molecular flexibility index (Phi) is 5.80. The number of carbonyl (C=O) groups is 1. The summed E-state index contributed by atoms with van der Waals surface area (Å²) in [4.78, 5) is 12.2. The number of hydrogen-bond acceptors (Lipinski definition) is 4. The minimum atomic E-state index is -1.20. The number of carboxylic acid groups (broad SMARTS) is 1. The lowest BCUT2D eigenvalue weighted by atomic mass is 9.74. The normalized spacial score (nSPS) is 21.6. The molecule has 29 heavy (non-hydrogen) atoms. The van der Waals surface area contributed by atoms with E-state index >= 15 is 0 Å². The van der Waals surface area contributed by atoms with Crippen LogP contribution in [-0.4, -0.2) is 32.4 Å². The second-order valence-electron chi connectivity index (χ2n) is 7.01. The third kappa shape index (κ3) is 3.21. The summed E-state index contributed by atoms with van der Waals surface area (Å²) in [5.74, 6) is -1.12. The second kappa shape index (κ2) is 8.13. The maximum Gasteiger partial charge on any atom is 0.315 e. The second-order valence-corrected chi connectivity index (χ2v) is 7.01. The van der Waals surface area contributed by atoms with Gasteiger partial charge in [-0.2, -0.15) is 0 Å². The van der Waals surface area contributed by atoms with Gasteiger partial charge in [0.25, 0.3) is 0 Å². The zero-order valence-corrected chi connectivity index (χ0v) is 17.4. The van der Waals surface area contributed by atoms with Gasteiger partial charge in [-0.05, 0) is 36.6 Å². The van der Waals surface area contributed by atoms with Crippen molar-refractivity contribution in [2.45, 2.75) is 19.4 Å². The first-order chi connectivity index (χ1) is 13.9. The molecule has 1 aliphatic rings. The first kappa shape index (κ1) is 20.7. The van der Waals surface area contributed by atoms with Crippen LogP contribution < -0.4 is 0 Å². The third-order valence-electron chi connectivity index (χ3n) is 5.50. The maximum atomic E-state index is 12.2. The Morgan fingerprint density at radius 1 is 0.931 bits per heavy atom. The van der Waals surface area contributed by atoms with Crippen molar-refractivity contribution in [1.29, 1.82) is 0 Å². The van der Waals surface area contributed by atoms with E-state index in [1.54, 1.807) is 13.2 Å². The van der Waals surface area contributed by atoms with Crippen LogP contribution >= 0.6 is 0 Å². The predicted molar refractivity (Wildman–Crippen MR) is 111 cm³/mol. The molecule has 2 atom stereocenters. The Bertz CT molecular complexity index is 988. The van der Waals surface area contributed by atoms with Gasteiger partial charge in [-0.25, -0.2) is 0 Å². The molecule has 1 aliphatic carbocycles. The van der Waals surface area contributed by atoms with E-state index in [4.69, 9.17) is 14.2 Å². The fraction of sp³-hybridized carbons (Fsp3) is 0.292. The summed E-state index contributed by atoms with van der Waals surface area (Å²) in [6.07, 6.45) is 1.61. The molecule has 0 radical (unpaired) electrons. The highest BCUT2D eigenvalue weighted by atomic mass is 16.6. The van der Waals surface area contributed by atoms with Crippen LogP contribution in [0.5, 0.6) is 0 Å². The van der Waals surface area contributed by atoms with E-state index < -0.39 is 17.5 Å². The van der Waals surface area contributed by atoms with Gasteiger partial charge in [0.15, 0.2) is 0 Å². The van der Waals surface area contributed by atoms with E-state index in [1.807, 2.05) is 62.4 Å². The van der Waals surface area contributed by atoms with Gasteiger partial charge in [-0.3, -0.25) is 4.79 Å². The van der Waals surface area contributed by atoms with Crippen molar-refractivity contribution in [2.75, 3.05) is 21.3 Å². The monoisotopic (exact) mass is 394 g/mol. The Hall–Kier alpha value is -3.05. The van der Waals surface area contributed by atoms with E-state index in [-0.39, 0.29) is 0 Å². The predicted octanol–water partition coefficient (Wildman–Crippen LogP) is 4.45. The molecule has 5 nitrogen and oxygen atoms in total. The number of rotatable bonds is 6. The van der Waals surface area contributed by atoms with E-state index in [0.29, 0.717) is 17.1 Å². The molecule has 0 aromatic heterocycles. The fourth-order valence-electron chi connectivity index (χ4n) is 4.15. The summed E-state index contributed by atoms with van der Waals surface area (Å²) in [5, 5.41) is 10.0. The highest BCUT2D eigenvalue weighted by Crippen LogP contribution is 2.51. The number of hydrogen-bond donors (Lipinski definition) is 1.